The summed E-state index contributed by atoms with van der Waals surface area (Å²) in [6.45, 7) is 26.9. The molecule has 2 aromatic carbocycles. The summed E-state index contributed by atoms with van der Waals surface area (Å²) >= 11 is 0. The van der Waals surface area contributed by atoms with Crippen LogP contribution in [0.3, 0.4) is 0 Å². The minimum Gasteiger partial charge on any atom is -0.380 e. The molecule has 0 heterocycles. The molecule has 0 aromatic heterocycles. The lowest BCUT2D eigenvalue weighted by atomic mass is 10.1. The lowest BCUT2D eigenvalue weighted by Gasteiger charge is -2.24. The maximum absolute atomic E-state index is 3.49. The van der Waals surface area contributed by atoms with Crippen LogP contribution in [0.2, 0.25) is 0 Å². The van der Waals surface area contributed by atoms with Crippen molar-refractivity contribution in [2.24, 2.45) is 0 Å². The highest BCUT2D eigenvalue weighted by Gasteiger charge is 2.12. The van der Waals surface area contributed by atoms with Gasteiger partial charge in [0.2, 0.25) is 0 Å². The Morgan fingerprint density at radius 1 is 0.424 bits per heavy atom. The molecule has 4 nitrogen and oxygen atoms in total. The van der Waals surface area contributed by atoms with Crippen LogP contribution in [0.5, 0.6) is 0 Å². The molecular formula is C29H50N4. The SMILES string of the molecule is CC(C)(C)NCc1ccc(NC(C)(C)C)cc1.CC(C)(C)Nc1ccc(NC(C)(C)C)cc1. The molecule has 0 saturated heterocycles. The number of rotatable bonds is 5. The Balaban J connectivity index is 0.000000331. The standard InChI is InChI=1S/C15H26N2.C14H24N2/c1-14(2,3)16-11-12-7-9-13(10-8-12)17-15(4,5)6;1-13(2,3)15-11-7-9-12(10-8-11)16-14(4,5)6/h7-10,16-17H,11H2,1-6H3;7-10,15-16H,1-6H3. The summed E-state index contributed by atoms with van der Waals surface area (Å²) in [6, 6.07) is 17.1. The van der Waals surface area contributed by atoms with E-state index in [1.54, 1.807) is 0 Å². The third-order valence-electron chi connectivity index (χ3n) is 4.22. The summed E-state index contributed by atoms with van der Waals surface area (Å²) in [7, 11) is 0. The predicted molar refractivity (Wildman–Crippen MR) is 150 cm³/mol. The Morgan fingerprint density at radius 3 is 0.939 bits per heavy atom. The van der Waals surface area contributed by atoms with Crippen molar-refractivity contribution in [3.05, 3.63) is 54.1 Å². The molecule has 0 atom stereocenters. The smallest absolute Gasteiger partial charge is 0.0345 e. The van der Waals surface area contributed by atoms with Crippen molar-refractivity contribution in [1.29, 1.82) is 0 Å². The van der Waals surface area contributed by atoms with Crippen LogP contribution >= 0.6 is 0 Å². The molecule has 0 amide bonds. The normalized spacial score (nSPS) is 12.5. The van der Waals surface area contributed by atoms with Gasteiger partial charge < -0.3 is 21.3 Å². The zero-order valence-electron chi connectivity index (χ0n) is 23.3. The molecule has 0 fully saturated rings. The average molecular weight is 455 g/mol. The second-order valence-corrected chi connectivity index (χ2v) is 13.0. The first-order valence-electron chi connectivity index (χ1n) is 12.1. The molecule has 33 heavy (non-hydrogen) atoms. The average Bonchev–Trinajstić information content (AvgIpc) is 2.59. The summed E-state index contributed by atoms with van der Waals surface area (Å²) in [4.78, 5) is 0. The van der Waals surface area contributed by atoms with Crippen molar-refractivity contribution in [3.8, 4) is 0 Å². The molecule has 2 rings (SSSR count). The van der Waals surface area contributed by atoms with Gasteiger partial charge in [-0.1, -0.05) is 12.1 Å². The van der Waals surface area contributed by atoms with Gasteiger partial charge in [-0.3, -0.25) is 0 Å². The highest BCUT2D eigenvalue weighted by atomic mass is 15.0. The molecule has 0 saturated carbocycles. The third kappa shape index (κ3) is 15.3. The number of anilines is 3. The van der Waals surface area contributed by atoms with Gasteiger partial charge in [-0.2, -0.15) is 0 Å². The van der Waals surface area contributed by atoms with Crippen molar-refractivity contribution >= 4 is 17.1 Å². The van der Waals surface area contributed by atoms with Crippen molar-refractivity contribution < 1.29 is 0 Å². The summed E-state index contributed by atoms with van der Waals surface area (Å²) in [5.74, 6) is 0. The van der Waals surface area contributed by atoms with E-state index in [9.17, 15) is 0 Å². The molecule has 0 bridgehead atoms. The quantitative estimate of drug-likeness (QED) is 0.371. The van der Waals surface area contributed by atoms with E-state index < -0.39 is 0 Å². The van der Waals surface area contributed by atoms with Crippen molar-refractivity contribution in [2.45, 2.75) is 112 Å². The Hall–Kier alpha value is -2.20. The van der Waals surface area contributed by atoms with E-state index in [1.807, 2.05) is 0 Å². The summed E-state index contributed by atoms with van der Waals surface area (Å²) < 4.78 is 0. The van der Waals surface area contributed by atoms with Gasteiger partial charge in [-0.15, -0.1) is 0 Å². The monoisotopic (exact) mass is 454 g/mol. The molecule has 0 radical (unpaired) electrons. The first-order valence-corrected chi connectivity index (χ1v) is 12.1. The van der Waals surface area contributed by atoms with Crippen LogP contribution in [0, 0.1) is 0 Å². The van der Waals surface area contributed by atoms with E-state index in [1.165, 1.54) is 11.3 Å². The fourth-order valence-corrected chi connectivity index (χ4v) is 3.01. The van der Waals surface area contributed by atoms with E-state index in [4.69, 9.17) is 0 Å². The van der Waals surface area contributed by atoms with Gasteiger partial charge in [0.05, 0.1) is 0 Å². The highest BCUT2D eigenvalue weighted by Crippen LogP contribution is 2.20. The maximum Gasteiger partial charge on any atom is 0.0345 e. The zero-order chi connectivity index (χ0) is 25.5. The Labute approximate surface area is 204 Å². The van der Waals surface area contributed by atoms with E-state index in [0.29, 0.717) is 0 Å². The summed E-state index contributed by atoms with van der Waals surface area (Å²) in [6.07, 6.45) is 0. The van der Waals surface area contributed by atoms with Gasteiger partial charge in [0.1, 0.15) is 0 Å². The van der Waals surface area contributed by atoms with Gasteiger partial charge in [-0.25, -0.2) is 0 Å². The zero-order valence-corrected chi connectivity index (χ0v) is 23.3. The molecule has 0 spiro atoms. The number of benzene rings is 2. The topological polar surface area (TPSA) is 48.1 Å². The molecule has 0 aliphatic carbocycles. The lowest BCUT2D eigenvalue weighted by Crippen LogP contribution is -2.35. The van der Waals surface area contributed by atoms with Crippen molar-refractivity contribution in [2.75, 3.05) is 16.0 Å². The molecule has 186 valence electrons. The van der Waals surface area contributed by atoms with Gasteiger partial charge in [0.25, 0.3) is 0 Å². The van der Waals surface area contributed by atoms with Crippen LogP contribution in [-0.4, -0.2) is 22.2 Å². The van der Waals surface area contributed by atoms with Gasteiger partial charge in [0.15, 0.2) is 0 Å². The minimum absolute atomic E-state index is 0.110. The Morgan fingerprint density at radius 2 is 0.697 bits per heavy atom. The van der Waals surface area contributed by atoms with Gasteiger partial charge >= 0.3 is 0 Å². The molecule has 0 aliphatic rings. The summed E-state index contributed by atoms with van der Waals surface area (Å²) in [5, 5.41) is 13.8. The van der Waals surface area contributed by atoms with Crippen LogP contribution in [-0.2, 0) is 6.54 Å². The lowest BCUT2D eigenvalue weighted by molar-refractivity contribution is 0.424. The number of nitrogens with one attached hydrogen (secondary N) is 4. The second-order valence-electron chi connectivity index (χ2n) is 13.0. The maximum atomic E-state index is 3.49. The van der Waals surface area contributed by atoms with E-state index in [2.05, 4.69) is 153 Å². The van der Waals surface area contributed by atoms with Crippen LogP contribution in [0.4, 0.5) is 17.1 Å². The van der Waals surface area contributed by atoms with E-state index in [0.717, 1.165) is 17.9 Å². The fourth-order valence-electron chi connectivity index (χ4n) is 3.01. The Kier molecular flexibility index (Phi) is 9.86. The van der Waals surface area contributed by atoms with Crippen LogP contribution in [0.1, 0.15) is 88.6 Å². The second kappa shape index (κ2) is 11.3. The van der Waals surface area contributed by atoms with E-state index in [-0.39, 0.29) is 22.2 Å². The molecule has 2 aromatic rings. The Bertz CT molecular complexity index is 774. The molecule has 0 unspecified atom stereocenters. The van der Waals surface area contributed by atoms with Crippen LogP contribution in [0.15, 0.2) is 48.5 Å². The van der Waals surface area contributed by atoms with Crippen molar-refractivity contribution in [1.82, 2.24) is 5.32 Å². The van der Waals surface area contributed by atoms with Gasteiger partial charge in [0, 0.05) is 45.8 Å². The number of hydrogen-bond donors (Lipinski definition) is 4. The summed E-state index contributed by atoms with van der Waals surface area (Å²) in [5.41, 5.74) is 5.32. The van der Waals surface area contributed by atoms with E-state index >= 15 is 0 Å². The molecule has 4 heteroatoms. The molecule has 4 N–H and O–H groups in total. The third-order valence-corrected chi connectivity index (χ3v) is 4.22. The van der Waals surface area contributed by atoms with Crippen LogP contribution in [0.25, 0.3) is 0 Å². The predicted octanol–water partition coefficient (Wildman–Crippen LogP) is 7.89. The first-order chi connectivity index (χ1) is 14.8. The molecule has 0 aliphatic heterocycles. The van der Waals surface area contributed by atoms with Crippen molar-refractivity contribution in [3.63, 3.8) is 0 Å². The first kappa shape index (κ1) is 28.8. The number of hydrogen-bond acceptors (Lipinski definition) is 4. The minimum atomic E-state index is 0.110. The largest absolute Gasteiger partial charge is 0.380 e. The molecular weight excluding hydrogens is 404 g/mol. The fraction of sp³-hybridized carbons (Fsp3) is 0.586. The highest BCUT2D eigenvalue weighted by molar-refractivity contribution is 5.55. The van der Waals surface area contributed by atoms with Gasteiger partial charge in [-0.05, 0) is 125 Å². The van der Waals surface area contributed by atoms with Crippen LogP contribution < -0.4 is 21.3 Å².